The lowest BCUT2D eigenvalue weighted by Crippen LogP contribution is -2.61. The Labute approximate surface area is 194 Å². The van der Waals surface area contributed by atoms with E-state index in [2.05, 4.69) is 5.32 Å². The number of nitriles is 1. The molecular weight excluding hydrogens is 427 g/mol. The van der Waals surface area contributed by atoms with E-state index in [0.717, 1.165) is 51.4 Å². The second-order valence-corrected chi connectivity index (χ2v) is 10.3. The molecule has 1 N–H and O–H groups in total. The Morgan fingerprint density at radius 1 is 1.15 bits per heavy atom. The van der Waals surface area contributed by atoms with E-state index in [1.54, 1.807) is 6.92 Å². The fourth-order valence-corrected chi connectivity index (χ4v) is 6.27. The molecule has 2 amide bonds. The van der Waals surface area contributed by atoms with E-state index in [9.17, 15) is 24.0 Å². The molecule has 2 heterocycles. The first kappa shape index (κ1) is 23.9. The maximum atomic E-state index is 13.7. The summed E-state index contributed by atoms with van der Waals surface area (Å²) in [4.78, 5) is 41.6. The van der Waals surface area contributed by atoms with Gasteiger partial charge in [-0.3, -0.25) is 14.4 Å². The van der Waals surface area contributed by atoms with Gasteiger partial charge in [-0.15, -0.1) is 0 Å². The summed E-state index contributed by atoms with van der Waals surface area (Å²) >= 11 is 0. The van der Waals surface area contributed by atoms with Crippen molar-refractivity contribution in [1.29, 1.82) is 5.26 Å². The Bertz CT molecular complexity index is 803. The Kier molecular flexibility index (Phi) is 6.94. The number of hydrogen-bond donors (Lipinski definition) is 1. The molecule has 5 fully saturated rings. The summed E-state index contributed by atoms with van der Waals surface area (Å²) in [7, 11) is 0. The molecule has 0 aromatic carbocycles. The molecule has 2 saturated heterocycles. The lowest BCUT2D eigenvalue weighted by atomic mass is 9.56. The normalized spacial score (nSPS) is 35.8. The largest absolute Gasteiger partial charge is 0.466 e. The number of fused-ring (bicyclic) bond motifs is 3. The molecular formula is C24H35FN4O4. The molecule has 8 nitrogen and oxygen atoms in total. The first-order valence-corrected chi connectivity index (χ1v) is 12.4. The molecule has 5 rings (SSSR count). The molecule has 182 valence electrons. The van der Waals surface area contributed by atoms with Crippen molar-refractivity contribution in [1.82, 2.24) is 15.1 Å². The number of nitrogens with zero attached hydrogens (tertiary/aromatic N) is 3. The van der Waals surface area contributed by atoms with Gasteiger partial charge < -0.3 is 19.9 Å². The van der Waals surface area contributed by atoms with Crippen LogP contribution in [0.2, 0.25) is 0 Å². The van der Waals surface area contributed by atoms with Gasteiger partial charge in [0.15, 0.2) is 0 Å². The molecule has 3 saturated carbocycles. The van der Waals surface area contributed by atoms with Crippen molar-refractivity contribution >= 4 is 17.8 Å². The smallest absolute Gasteiger partial charge is 0.310 e. The fourth-order valence-electron chi connectivity index (χ4n) is 6.27. The highest BCUT2D eigenvalue weighted by atomic mass is 19.1. The van der Waals surface area contributed by atoms with Crippen molar-refractivity contribution in [2.24, 2.45) is 11.3 Å². The third kappa shape index (κ3) is 4.72. The average molecular weight is 463 g/mol. The summed E-state index contributed by atoms with van der Waals surface area (Å²) in [5, 5.41) is 12.6. The molecule has 5 aliphatic rings. The third-order valence-corrected chi connectivity index (χ3v) is 8.36. The van der Waals surface area contributed by atoms with Crippen molar-refractivity contribution in [2.75, 3.05) is 32.8 Å². The minimum absolute atomic E-state index is 0.00796. The highest BCUT2D eigenvalue weighted by Crippen LogP contribution is 2.53. The molecule has 3 atom stereocenters. The highest BCUT2D eigenvalue weighted by Gasteiger charge is 2.54. The van der Waals surface area contributed by atoms with Crippen LogP contribution in [0.15, 0.2) is 0 Å². The van der Waals surface area contributed by atoms with E-state index in [1.807, 2.05) is 11.0 Å². The minimum Gasteiger partial charge on any atom is -0.466 e. The number of carbonyl (C=O) groups excluding carboxylic acids is 3. The van der Waals surface area contributed by atoms with Gasteiger partial charge in [-0.25, -0.2) is 4.39 Å². The number of esters is 1. The van der Waals surface area contributed by atoms with Crippen LogP contribution >= 0.6 is 0 Å². The van der Waals surface area contributed by atoms with Crippen molar-refractivity contribution < 1.29 is 23.5 Å². The second kappa shape index (κ2) is 9.57. The zero-order chi connectivity index (χ0) is 23.6. The summed E-state index contributed by atoms with van der Waals surface area (Å²) in [5.74, 6) is -0.496. The van der Waals surface area contributed by atoms with Crippen LogP contribution in [0.25, 0.3) is 0 Å². The Morgan fingerprint density at radius 3 is 2.48 bits per heavy atom. The molecule has 3 aliphatic carbocycles. The van der Waals surface area contributed by atoms with E-state index in [4.69, 9.17) is 4.74 Å². The summed E-state index contributed by atoms with van der Waals surface area (Å²) < 4.78 is 18.8. The van der Waals surface area contributed by atoms with E-state index in [-0.39, 0.29) is 54.2 Å². The van der Waals surface area contributed by atoms with Crippen LogP contribution in [-0.4, -0.2) is 78.1 Å². The minimum atomic E-state index is -1.13. The standard InChI is InChI=1S/C24H35FN4O4/c1-2-33-21(31)17-4-3-11-28(15-17)22(32)23-5-8-24(9-6-23,10-7-23)27-14-20(30)29-16-18(25)12-19(29)13-26/h17-19,27H,2-12,14-16H2,1H3/t17-,18-,19-,23?,24?/m0/s1. The molecule has 2 aliphatic heterocycles. The van der Waals surface area contributed by atoms with Gasteiger partial charge in [-0.1, -0.05) is 0 Å². The molecule has 0 aromatic rings. The van der Waals surface area contributed by atoms with E-state index in [0.29, 0.717) is 19.7 Å². The SMILES string of the molecule is CCOC(=O)[C@H]1CCCN(C(=O)C23CCC(NCC(=O)N4C[C@@H](F)C[C@H]4C#N)(CC2)CC3)C1. The third-order valence-electron chi connectivity index (χ3n) is 8.36. The lowest BCUT2D eigenvalue weighted by Gasteiger charge is -2.54. The number of piperidine rings is 1. The predicted octanol–water partition coefficient (Wildman–Crippen LogP) is 1.93. The molecule has 0 spiro atoms. The Balaban J connectivity index is 1.31. The van der Waals surface area contributed by atoms with Crippen molar-refractivity contribution in [3.63, 3.8) is 0 Å². The maximum absolute atomic E-state index is 13.7. The lowest BCUT2D eigenvalue weighted by molar-refractivity contribution is -0.157. The van der Waals surface area contributed by atoms with Crippen LogP contribution in [0.5, 0.6) is 0 Å². The summed E-state index contributed by atoms with van der Waals surface area (Å²) in [6.07, 6.45) is 5.29. The van der Waals surface area contributed by atoms with Crippen molar-refractivity contribution in [3.05, 3.63) is 0 Å². The second-order valence-electron chi connectivity index (χ2n) is 10.3. The topological polar surface area (TPSA) is 103 Å². The summed E-state index contributed by atoms with van der Waals surface area (Å²) in [6, 6.07) is 1.34. The van der Waals surface area contributed by atoms with Crippen molar-refractivity contribution in [3.8, 4) is 6.07 Å². The molecule has 2 bridgehead atoms. The number of amides is 2. The van der Waals surface area contributed by atoms with Gasteiger partial charge in [0.2, 0.25) is 11.8 Å². The van der Waals surface area contributed by atoms with Crippen LogP contribution in [0.4, 0.5) is 4.39 Å². The number of halogens is 1. The Hall–Kier alpha value is -2.21. The first-order chi connectivity index (χ1) is 15.8. The molecule has 0 unspecified atom stereocenters. The number of alkyl halides is 1. The van der Waals surface area contributed by atoms with Crippen LogP contribution in [0, 0.1) is 22.7 Å². The number of ether oxygens (including phenoxy) is 1. The monoisotopic (exact) mass is 462 g/mol. The molecule has 0 radical (unpaired) electrons. The van der Waals surface area contributed by atoms with Gasteiger partial charge in [0.05, 0.1) is 31.7 Å². The number of hydrogen-bond acceptors (Lipinski definition) is 6. The quantitative estimate of drug-likeness (QED) is 0.605. The van der Waals surface area contributed by atoms with Gasteiger partial charge in [-0.2, -0.15) is 5.26 Å². The molecule has 9 heteroatoms. The molecule has 0 aromatic heterocycles. The zero-order valence-electron chi connectivity index (χ0n) is 19.5. The van der Waals surface area contributed by atoms with E-state index >= 15 is 0 Å². The van der Waals surface area contributed by atoms with Gasteiger partial charge in [0, 0.05) is 30.5 Å². The fraction of sp³-hybridized carbons (Fsp3) is 0.833. The predicted molar refractivity (Wildman–Crippen MR) is 117 cm³/mol. The van der Waals surface area contributed by atoms with Crippen LogP contribution in [-0.2, 0) is 19.1 Å². The summed E-state index contributed by atoms with van der Waals surface area (Å²) in [6.45, 7) is 3.38. The molecule has 33 heavy (non-hydrogen) atoms. The van der Waals surface area contributed by atoms with E-state index in [1.165, 1.54) is 4.90 Å². The summed E-state index contributed by atoms with van der Waals surface area (Å²) in [5.41, 5.74) is -0.545. The zero-order valence-corrected chi connectivity index (χ0v) is 19.5. The first-order valence-electron chi connectivity index (χ1n) is 12.4. The van der Waals surface area contributed by atoms with Gasteiger partial charge in [0.1, 0.15) is 12.2 Å². The number of likely N-dealkylation sites (tertiary alicyclic amines) is 2. The van der Waals surface area contributed by atoms with Crippen LogP contribution < -0.4 is 5.32 Å². The van der Waals surface area contributed by atoms with Gasteiger partial charge in [-0.05, 0) is 58.3 Å². The average Bonchev–Trinajstić information content (AvgIpc) is 3.24. The van der Waals surface area contributed by atoms with Gasteiger partial charge in [0.25, 0.3) is 0 Å². The van der Waals surface area contributed by atoms with E-state index < -0.39 is 12.2 Å². The Morgan fingerprint density at radius 2 is 1.85 bits per heavy atom. The number of rotatable bonds is 6. The van der Waals surface area contributed by atoms with Crippen molar-refractivity contribution in [2.45, 2.75) is 82.5 Å². The van der Waals surface area contributed by atoms with Crippen LogP contribution in [0.3, 0.4) is 0 Å². The number of nitrogens with one attached hydrogen (secondary N) is 1. The van der Waals surface area contributed by atoms with Gasteiger partial charge >= 0.3 is 5.97 Å². The number of carbonyl (C=O) groups is 3. The van der Waals surface area contributed by atoms with Crippen LogP contribution in [0.1, 0.15) is 64.7 Å². The highest BCUT2D eigenvalue weighted by molar-refractivity contribution is 5.84. The maximum Gasteiger partial charge on any atom is 0.310 e.